The molecule has 1 saturated heterocycles. The van der Waals surface area contributed by atoms with E-state index in [1.54, 1.807) is 6.07 Å². The van der Waals surface area contributed by atoms with E-state index in [4.69, 9.17) is 0 Å². The molecule has 0 atom stereocenters. The second kappa shape index (κ2) is 9.14. The SMILES string of the molecule is CC1(CNC(=O)CCCc2nc3ccccc3c(=O)[nH]2)CCNCC1.Cl. The molecule has 3 rings (SSSR count). The lowest BCUT2D eigenvalue weighted by Crippen LogP contribution is -2.42. The molecule has 1 fully saturated rings. The van der Waals surface area contributed by atoms with Gasteiger partial charge in [0.1, 0.15) is 5.82 Å². The van der Waals surface area contributed by atoms with E-state index < -0.39 is 0 Å². The first-order valence-electron chi connectivity index (χ1n) is 9.01. The Balaban J connectivity index is 0.00000243. The summed E-state index contributed by atoms with van der Waals surface area (Å²) in [6.45, 7) is 5.01. The Morgan fingerprint density at radius 3 is 2.77 bits per heavy atom. The van der Waals surface area contributed by atoms with Crippen LogP contribution in [0.1, 0.15) is 38.4 Å². The van der Waals surface area contributed by atoms with Crippen LogP contribution >= 0.6 is 12.4 Å². The van der Waals surface area contributed by atoms with E-state index in [-0.39, 0.29) is 29.3 Å². The molecule has 1 aliphatic heterocycles. The average Bonchev–Trinajstić information content (AvgIpc) is 2.61. The number of piperidine rings is 1. The zero-order valence-corrected chi connectivity index (χ0v) is 16.0. The molecule has 2 heterocycles. The Morgan fingerprint density at radius 1 is 1.27 bits per heavy atom. The first kappa shape index (κ1) is 20.4. The highest BCUT2D eigenvalue weighted by Gasteiger charge is 2.26. The van der Waals surface area contributed by atoms with E-state index in [0.717, 1.165) is 32.5 Å². The van der Waals surface area contributed by atoms with Crippen molar-refractivity contribution < 1.29 is 4.79 Å². The van der Waals surface area contributed by atoms with Crippen LogP contribution in [0, 0.1) is 5.41 Å². The molecule has 0 aliphatic carbocycles. The van der Waals surface area contributed by atoms with Crippen LogP contribution in [0.3, 0.4) is 0 Å². The highest BCUT2D eigenvalue weighted by atomic mass is 35.5. The summed E-state index contributed by atoms with van der Waals surface area (Å²) in [7, 11) is 0. The molecule has 0 saturated carbocycles. The fourth-order valence-electron chi connectivity index (χ4n) is 3.28. The number of halogens is 1. The lowest BCUT2D eigenvalue weighted by molar-refractivity contribution is -0.121. The number of hydrogen-bond donors (Lipinski definition) is 3. The van der Waals surface area contributed by atoms with Gasteiger partial charge in [-0.25, -0.2) is 4.98 Å². The van der Waals surface area contributed by atoms with Gasteiger partial charge >= 0.3 is 0 Å². The average molecular weight is 379 g/mol. The Kier molecular flexibility index (Phi) is 7.17. The van der Waals surface area contributed by atoms with Crippen molar-refractivity contribution >= 4 is 29.2 Å². The van der Waals surface area contributed by atoms with Gasteiger partial charge in [0.2, 0.25) is 5.91 Å². The zero-order valence-electron chi connectivity index (χ0n) is 15.1. The predicted octanol–water partition coefficient (Wildman–Crippen LogP) is 2.17. The minimum absolute atomic E-state index is 0. The minimum atomic E-state index is -0.121. The first-order chi connectivity index (χ1) is 12.1. The van der Waals surface area contributed by atoms with Gasteiger partial charge < -0.3 is 15.6 Å². The van der Waals surface area contributed by atoms with Crippen molar-refractivity contribution in [1.29, 1.82) is 0 Å². The highest BCUT2D eigenvalue weighted by Crippen LogP contribution is 2.26. The minimum Gasteiger partial charge on any atom is -0.356 e. The number of benzene rings is 1. The maximum Gasteiger partial charge on any atom is 0.258 e. The van der Waals surface area contributed by atoms with Gasteiger partial charge in [-0.3, -0.25) is 9.59 Å². The lowest BCUT2D eigenvalue weighted by atomic mass is 9.81. The standard InChI is InChI=1S/C19H26N4O2.ClH/c1-19(9-11-20-12-10-19)13-21-17(24)8-4-7-16-22-15-6-3-2-5-14(15)18(25)23-16;/h2-3,5-6,20H,4,7-13H2,1H3,(H,21,24)(H,22,23,25);1H. The number of aromatic amines is 1. The highest BCUT2D eigenvalue weighted by molar-refractivity contribution is 5.85. The van der Waals surface area contributed by atoms with Gasteiger partial charge in [0, 0.05) is 19.4 Å². The molecule has 1 aromatic heterocycles. The first-order valence-corrected chi connectivity index (χ1v) is 9.01. The van der Waals surface area contributed by atoms with Gasteiger partial charge in [-0.1, -0.05) is 19.1 Å². The Morgan fingerprint density at radius 2 is 2.00 bits per heavy atom. The molecule has 0 spiro atoms. The summed E-state index contributed by atoms with van der Waals surface area (Å²) in [5.74, 6) is 0.713. The van der Waals surface area contributed by atoms with Crippen LogP contribution in [0.5, 0.6) is 0 Å². The lowest BCUT2D eigenvalue weighted by Gasteiger charge is -2.34. The molecule has 3 N–H and O–H groups in total. The number of nitrogens with one attached hydrogen (secondary N) is 3. The number of aromatic nitrogens is 2. The van der Waals surface area contributed by atoms with Crippen molar-refractivity contribution in [1.82, 2.24) is 20.6 Å². The third kappa shape index (κ3) is 5.29. The fraction of sp³-hybridized carbons (Fsp3) is 0.526. The molecule has 0 unspecified atom stereocenters. The van der Waals surface area contributed by atoms with Crippen molar-refractivity contribution in [2.45, 2.75) is 39.0 Å². The van der Waals surface area contributed by atoms with Crippen LogP contribution in [0.2, 0.25) is 0 Å². The van der Waals surface area contributed by atoms with Crippen LogP contribution in [0.15, 0.2) is 29.1 Å². The van der Waals surface area contributed by atoms with Crippen LogP contribution in [0.25, 0.3) is 10.9 Å². The molecule has 0 radical (unpaired) electrons. The normalized spacial score (nSPS) is 16.0. The number of amides is 1. The van der Waals surface area contributed by atoms with E-state index in [9.17, 15) is 9.59 Å². The van der Waals surface area contributed by atoms with Crippen molar-refractivity contribution in [2.75, 3.05) is 19.6 Å². The maximum absolute atomic E-state index is 12.1. The molecule has 7 heteroatoms. The van der Waals surface area contributed by atoms with Crippen molar-refractivity contribution in [3.8, 4) is 0 Å². The largest absolute Gasteiger partial charge is 0.356 e. The quantitative estimate of drug-likeness (QED) is 0.719. The number of hydrogen-bond acceptors (Lipinski definition) is 4. The van der Waals surface area contributed by atoms with Gasteiger partial charge in [0.15, 0.2) is 0 Å². The van der Waals surface area contributed by atoms with Crippen LogP contribution in [-0.4, -0.2) is 35.5 Å². The van der Waals surface area contributed by atoms with Gasteiger partial charge in [-0.05, 0) is 49.9 Å². The van der Waals surface area contributed by atoms with Crippen molar-refractivity contribution in [3.05, 3.63) is 40.4 Å². The second-order valence-electron chi connectivity index (χ2n) is 7.22. The topological polar surface area (TPSA) is 86.9 Å². The summed E-state index contributed by atoms with van der Waals surface area (Å²) >= 11 is 0. The second-order valence-corrected chi connectivity index (χ2v) is 7.22. The Bertz CT molecular complexity index is 799. The molecular weight excluding hydrogens is 352 g/mol. The van der Waals surface area contributed by atoms with Gasteiger partial charge in [0.25, 0.3) is 5.56 Å². The molecule has 142 valence electrons. The van der Waals surface area contributed by atoms with E-state index >= 15 is 0 Å². The number of para-hydroxylation sites is 1. The molecule has 26 heavy (non-hydrogen) atoms. The molecule has 0 bridgehead atoms. The number of carbonyl (C=O) groups excluding carboxylic acids is 1. The number of nitrogens with zero attached hydrogens (tertiary/aromatic N) is 1. The summed E-state index contributed by atoms with van der Waals surface area (Å²) in [5, 5.41) is 7.01. The third-order valence-corrected chi connectivity index (χ3v) is 5.00. The Hall–Kier alpha value is -1.92. The number of aryl methyl sites for hydroxylation is 1. The molecule has 1 amide bonds. The van der Waals surface area contributed by atoms with Crippen LogP contribution < -0.4 is 16.2 Å². The van der Waals surface area contributed by atoms with E-state index in [1.165, 1.54) is 0 Å². The van der Waals surface area contributed by atoms with Crippen molar-refractivity contribution in [3.63, 3.8) is 0 Å². The van der Waals surface area contributed by atoms with Gasteiger partial charge in [0.05, 0.1) is 10.9 Å². The van der Waals surface area contributed by atoms with Gasteiger partial charge in [-0.2, -0.15) is 0 Å². The van der Waals surface area contributed by atoms with E-state index in [0.29, 0.717) is 36.0 Å². The monoisotopic (exact) mass is 378 g/mol. The molecule has 2 aromatic rings. The summed E-state index contributed by atoms with van der Waals surface area (Å²) in [5.41, 5.74) is 0.778. The summed E-state index contributed by atoms with van der Waals surface area (Å²) < 4.78 is 0. The smallest absolute Gasteiger partial charge is 0.258 e. The summed E-state index contributed by atoms with van der Waals surface area (Å²) in [4.78, 5) is 31.4. The zero-order chi connectivity index (χ0) is 17.7. The number of fused-ring (bicyclic) bond motifs is 1. The number of H-pyrrole nitrogens is 1. The third-order valence-electron chi connectivity index (χ3n) is 5.00. The van der Waals surface area contributed by atoms with Crippen molar-refractivity contribution in [2.24, 2.45) is 5.41 Å². The van der Waals surface area contributed by atoms with Gasteiger partial charge in [-0.15, -0.1) is 12.4 Å². The predicted molar refractivity (Wildman–Crippen MR) is 106 cm³/mol. The fourth-order valence-corrected chi connectivity index (χ4v) is 3.28. The van der Waals surface area contributed by atoms with Crippen LogP contribution in [0.4, 0.5) is 0 Å². The number of rotatable bonds is 6. The summed E-state index contributed by atoms with van der Waals surface area (Å²) in [6.07, 6.45) is 3.90. The summed E-state index contributed by atoms with van der Waals surface area (Å²) in [6, 6.07) is 7.29. The molecule has 1 aliphatic rings. The Labute approximate surface area is 159 Å². The maximum atomic E-state index is 12.1. The molecular formula is C19H27ClN4O2. The number of carbonyl (C=O) groups is 1. The van der Waals surface area contributed by atoms with E-state index in [2.05, 4.69) is 27.5 Å². The molecule has 6 nitrogen and oxygen atoms in total. The van der Waals surface area contributed by atoms with E-state index in [1.807, 2.05) is 18.2 Å². The molecule has 1 aromatic carbocycles. The van der Waals surface area contributed by atoms with Crippen LogP contribution in [-0.2, 0) is 11.2 Å².